The molecule has 0 aliphatic rings. The molecule has 0 aromatic rings. The van der Waals surface area contributed by atoms with Gasteiger partial charge in [-0.1, -0.05) is 0 Å². The van der Waals surface area contributed by atoms with Gasteiger partial charge in [0.2, 0.25) is 0 Å². The highest BCUT2D eigenvalue weighted by Crippen LogP contribution is 2.11. The number of nitrogens with one attached hydrogen (secondary N) is 1. The first-order valence-electron chi connectivity index (χ1n) is 5.29. The second-order valence-corrected chi connectivity index (χ2v) is 4.79. The van der Waals surface area contributed by atoms with Crippen molar-refractivity contribution in [3.05, 3.63) is 0 Å². The first kappa shape index (κ1) is 13.9. The molecule has 0 saturated heterocycles. The van der Waals surface area contributed by atoms with Crippen LogP contribution in [0.3, 0.4) is 0 Å². The van der Waals surface area contributed by atoms with Crippen LogP contribution in [0.1, 0.15) is 34.6 Å². The van der Waals surface area contributed by atoms with Crippen LogP contribution in [0.2, 0.25) is 0 Å². The Morgan fingerprint density at radius 1 is 1.21 bits per heavy atom. The van der Waals surface area contributed by atoms with E-state index in [9.17, 15) is 0 Å². The third-order valence-corrected chi connectivity index (χ3v) is 1.57. The van der Waals surface area contributed by atoms with Gasteiger partial charge in [-0.3, -0.25) is 0 Å². The van der Waals surface area contributed by atoms with E-state index < -0.39 is 0 Å². The van der Waals surface area contributed by atoms with E-state index in [0.29, 0.717) is 6.61 Å². The van der Waals surface area contributed by atoms with Crippen LogP contribution in [0.15, 0.2) is 0 Å². The van der Waals surface area contributed by atoms with Crippen LogP contribution >= 0.6 is 0 Å². The fourth-order valence-corrected chi connectivity index (χ4v) is 1.16. The van der Waals surface area contributed by atoms with Gasteiger partial charge < -0.3 is 14.8 Å². The predicted octanol–water partition coefficient (Wildman–Crippen LogP) is 1.81. The van der Waals surface area contributed by atoms with E-state index in [1.807, 2.05) is 20.9 Å². The fraction of sp³-hybridized carbons (Fsp3) is 1.00. The summed E-state index contributed by atoms with van der Waals surface area (Å²) >= 11 is 0. The average molecular weight is 203 g/mol. The Bertz CT molecular complexity index is 141. The second kappa shape index (κ2) is 6.38. The van der Waals surface area contributed by atoms with Gasteiger partial charge in [-0.15, -0.1) is 0 Å². The number of rotatable bonds is 6. The van der Waals surface area contributed by atoms with Crippen LogP contribution in [0.4, 0.5) is 0 Å². The Hall–Kier alpha value is -0.120. The van der Waals surface area contributed by atoms with Crippen molar-refractivity contribution in [3.63, 3.8) is 0 Å². The van der Waals surface area contributed by atoms with Crippen LogP contribution in [-0.2, 0) is 9.47 Å². The number of hydrogen-bond acceptors (Lipinski definition) is 3. The molecule has 0 saturated carbocycles. The lowest BCUT2D eigenvalue weighted by Gasteiger charge is -2.28. The van der Waals surface area contributed by atoms with E-state index in [4.69, 9.17) is 9.47 Å². The van der Waals surface area contributed by atoms with Crippen molar-refractivity contribution in [3.8, 4) is 0 Å². The minimum absolute atomic E-state index is 0.109. The molecule has 0 radical (unpaired) electrons. The number of likely N-dealkylation sites (N-methyl/N-ethyl adjacent to an activating group) is 1. The second-order valence-electron chi connectivity index (χ2n) is 4.79. The van der Waals surface area contributed by atoms with Crippen molar-refractivity contribution in [2.45, 2.75) is 52.4 Å². The monoisotopic (exact) mass is 203 g/mol. The molecule has 14 heavy (non-hydrogen) atoms. The lowest BCUT2D eigenvalue weighted by atomic mass is 10.2. The lowest BCUT2D eigenvalue weighted by molar-refractivity contribution is -0.0985. The molecule has 0 aromatic heterocycles. The van der Waals surface area contributed by atoms with Crippen molar-refractivity contribution >= 4 is 0 Å². The zero-order valence-corrected chi connectivity index (χ0v) is 10.4. The van der Waals surface area contributed by atoms with Gasteiger partial charge in [0.15, 0.2) is 0 Å². The van der Waals surface area contributed by atoms with Crippen LogP contribution in [0.25, 0.3) is 0 Å². The van der Waals surface area contributed by atoms with Crippen LogP contribution < -0.4 is 5.32 Å². The molecule has 0 rings (SSSR count). The maximum absolute atomic E-state index is 5.84. The quantitative estimate of drug-likeness (QED) is 0.714. The van der Waals surface area contributed by atoms with E-state index >= 15 is 0 Å². The van der Waals surface area contributed by atoms with Crippen molar-refractivity contribution in [2.75, 3.05) is 20.2 Å². The maximum Gasteiger partial charge on any atom is 0.0939 e. The molecule has 1 unspecified atom stereocenters. The molecule has 0 amide bonds. The van der Waals surface area contributed by atoms with Gasteiger partial charge >= 0.3 is 0 Å². The first-order valence-corrected chi connectivity index (χ1v) is 5.29. The maximum atomic E-state index is 5.84. The summed E-state index contributed by atoms with van der Waals surface area (Å²) in [7, 11) is 1.92. The number of hydrogen-bond donors (Lipinski definition) is 1. The number of ether oxygens (including phenoxy) is 2. The van der Waals surface area contributed by atoms with Gasteiger partial charge in [-0.25, -0.2) is 0 Å². The molecule has 0 spiro atoms. The third kappa shape index (κ3) is 8.48. The minimum atomic E-state index is -0.109. The lowest BCUT2D eigenvalue weighted by Crippen LogP contribution is -2.37. The van der Waals surface area contributed by atoms with Gasteiger partial charge in [-0.05, 0) is 41.7 Å². The Morgan fingerprint density at radius 3 is 2.14 bits per heavy atom. The zero-order valence-electron chi connectivity index (χ0n) is 10.4. The van der Waals surface area contributed by atoms with Crippen molar-refractivity contribution in [1.82, 2.24) is 5.32 Å². The molecular weight excluding hydrogens is 178 g/mol. The summed E-state index contributed by atoms with van der Waals surface area (Å²) in [4.78, 5) is 0. The van der Waals surface area contributed by atoms with Crippen molar-refractivity contribution in [2.24, 2.45) is 0 Å². The molecule has 3 nitrogen and oxygen atoms in total. The molecule has 0 fully saturated rings. The van der Waals surface area contributed by atoms with Gasteiger partial charge in [0.1, 0.15) is 0 Å². The molecule has 1 N–H and O–H groups in total. The third-order valence-electron chi connectivity index (χ3n) is 1.57. The van der Waals surface area contributed by atoms with E-state index in [2.05, 4.69) is 26.1 Å². The zero-order chi connectivity index (χ0) is 11.2. The van der Waals surface area contributed by atoms with Crippen molar-refractivity contribution in [1.29, 1.82) is 0 Å². The molecule has 0 aromatic carbocycles. The van der Waals surface area contributed by atoms with E-state index in [1.165, 1.54) is 0 Å². The minimum Gasteiger partial charge on any atom is -0.376 e. The summed E-state index contributed by atoms with van der Waals surface area (Å²) < 4.78 is 11.4. The van der Waals surface area contributed by atoms with E-state index in [-0.39, 0.29) is 17.8 Å². The molecule has 0 aliphatic carbocycles. The molecule has 86 valence electrons. The standard InChI is InChI=1S/C11H25NO2/c1-9(2)13-8-10(7-12-6)14-11(3,4)5/h9-10,12H,7-8H2,1-6H3. The van der Waals surface area contributed by atoms with Crippen LogP contribution in [0, 0.1) is 0 Å². The molecule has 0 heterocycles. The Balaban J connectivity index is 3.89. The summed E-state index contributed by atoms with van der Waals surface area (Å²) in [6.07, 6.45) is 0.389. The predicted molar refractivity (Wildman–Crippen MR) is 59.6 cm³/mol. The topological polar surface area (TPSA) is 30.5 Å². The SMILES string of the molecule is CNCC(COC(C)C)OC(C)(C)C. The summed E-state index contributed by atoms with van der Waals surface area (Å²) in [5, 5.41) is 3.11. The highest BCUT2D eigenvalue weighted by Gasteiger charge is 2.18. The Labute approximate surface area is 88.2 Å². The molecular formula is C11H25NO2. The van der Waals surface area contributed by atoms with E-state index in [0.717, 1.165) is 6.54 Å². The smallest absolute Gasteiger partial charge is 0.0939 e. The highest BCUT2D eigenvalue weighted by molar-refractivity contribution is 4.67. The summed E-state index contributed by atoms with van der Waals surface area (Å²) in [5.74, 6) is 0. The average Bonchev–Trinajstić information content (AvgIpc) is 1.98. The van der Waals surface area contributed by atoms with Crippen molar-refractivity contribution < 1.29 is 9.47 Å². The van der Waals surface area contributed by atoms with Gasteiger partial charge in [-0.2, -0.15) is 0 Å². The fourth-order valence-electron chi connectivity index (χ4n) is 1.16. The van der Waals surface area contributed by atoms with Crippen LogP contribution in [0.5, 0.6) is 0 Å². The Morgan fingerprint density at radius 2 is 1.79 bits per heavy atom. The Kier molecular flexibility index (Phi) is 6.33. The molecule has 0 bridgehead atoms. The summed E-state index contributed by atoms with van der Waals surface area (Å²) in [5.41, 5.74) is -0.109. The molecule has 1 atom stereocenters. The highest BCUT2D eigenvalue weighted by atomic mass is 16.5. The summed E-state index contributed by atoms with van der Waals surface area (Å²) in [6.45, 7) is 11.7. The van der Waals surface area contributed by atoms with Gasteiger partial charge in [0.05, 0.1) is 24.4 Å². The molecule has 3 heteroatoms. The molecule has 0 aliphatic heterocycles. The largest absolute Gasteiger partial charge is 0.376 e. The van der Waals surface area contributed by atoms with E-state index in [1.54, 1.807) is 0 Å². The van der Waals surface area contributed by atoms with Crippen LogP contribution in [-0.4, -0.2) is 38.0 Å². The normalized spacial score (nSPS) is 14.8. The van der Waals surface area contributed by atoms with Gasteiger partial charge in [0.25, 0.3) is 0 Å². The van der Waals surface area contributed by atoms with Gasteiger partial charge in [0, 0.05) is 6.54 Å². The summed E-state index contributed by atoms with van der Waals surface area (Å²) in [6, 6.07) is 0. The first-order chi connectivity index (χ1) is 6.35.